The largest absolute Gasteiger partial charge is 0.461 e. The Morgan fingerprint density at radius 1 is 1.50 bits per heavy atom. The van der Waals surface area contributed by atoms with Gasteiger partial charge in [0.25, 0.3) is 0 Å². The molecule has 0 aromatic heterocycles. The van der Waals surface area contributed by atoms with Crippen LogP contribution in [0.3, 0.4) is 0 Å². The molecule has 1 unspecified atom stereocenters. The average molecular weight is 234 g/mol. The van der Waals surface area contributed by atoms with Crippen LogP contribution in [0.25, 0.3) is 0 Å². The van der Waals surface area contributed by atoms with Crippen LogP contribution >= 0.6 is 0 Å². The van der Waals surface area contributed by atoms with E-state index in [-0.39, 0.29) is 6.23 Å². The third-order valence-corrected chi connectivity index (χ3v) is 5.56. The summed E-state index contributed by atoms with van der Waals surface area (Å²) in [5.74, 6) is -0.476. The lowest BCUT2D eigenvalue weighted by molar-refractivity contribution is -0.137. The lowest BCUT2D eigenvalue weighted by atomic mass is 10.4. The molecule has 0 aromatic rings. The predicted octanol–water partition coefficient (Wildman–Crippen LogP) is 0.709. The minimum absolute atomic E-state index is 0.00400. The summed E-state index contributed by atoms with van der Waals surface area (Å²) in [4.78, 5) is 20.4. The van der Waals surface area contributed by atoms with Gasteiger partial charge in [-0.3, -0.25) is 0 Å². The van der Waals surface area contributed by atoms with Gasteiger partial charge >= 0.3 is 15.3 Å². The zero-order valence-corrected chi connectivity index (χ0v) is 11.3. The van der Waals surface area contributed by atoms with Gasteiger partial charge in [-0.15, -0.1) is 0 Å². The number of hydrogen-bond donors (Lipinski definition) is 1. The summed E-state index contributed by atoms with van der Waals surface area (Å²) in [6.45, 7) is 10.9. The molecule has 0 heterocycles. The molecular weight excluding hydrogens is 216 g/mol. The average Bonchev–Trinajstić information content (AvgIpc) is 1.96. The minimum Gasteiger partial charge on any atom is -0.461 e. The predicted molar refractivity (Wildman–Crippen MR) is 59.6 cm³/mol. The maximum absolute atomic E-state index is 11.0. The van der Waals surface area contributed by atoms with Crippen molar-refractivity contribution in [2.45, 2.75) is 26.6 Å². The molecule has 1 atom stereocenters. The molecule has 0 bridgehead atoms. The smallest absolute Gasteiger partial charge is 0.347 e. The lowest BCUT2D eigenvalue weighted by Crippen LogP contribution is -2.38. The van der Waals surface area contributed by atoms with Crippen molar-refractivity contribution >= 4 is 23.6 Å². The van der Waals surface area contributed by atoms with Crippen molar-refractivity contribution in [1.82, 2.24) is 0 Å². The van der Waals surface area contributed by atoms with Crippen molar-refractivity contribution in [3.05, 3.63) is 12.2 Å². The Hall–Kier alpha value is -0.436. The fourth-order valence-corrected chi connectivity index (χ4v) is 4.54. The molecule has 0 saturated heterocycles. The number of hydrogen-bond acceptors (Lipinski definition) is 4. The van der Waals surface area contributed by atoms with Gasteiger partial charge in [-0.05, 0) is 26.6 Å². The van der Waals surface area contributed by atoms with Crippen LogP contribution < -0.4 is 0 Å². The first-order chi connectivity index (χ1) is 6.22. The van der Waals surface area contributed by atoms with Crippen molar-refractivity contribution < 1.29 is 18.4 Å². The number of carbonyl (C=O) groups excluding carboxylic acids is 1. The van der Waals surface area contributed by atoms with Crippen molar-refractivity contribution in [3.63, 3.8) is 0 Å². The highest BCUT2D eigenvalue weighted by Gasteiger charge is 2.22. The Morgan fingerprint density at radius 3 is 2.36 bits per heavy atom. The van der Waals surface area contributed by atoms with E-state index < -0.39 is 23.6 Å². The van der Waals surface area contributed by atoms with Gasteiger partial charge < -0.3 is 13.6 Å². The Morgan fingerprint density at radius 2 is 2.00 bits per heavy atom. The molecule has 0 saturated carbocycles. The van der Waals surface area contributed by atoms with Gasteiger partial charge in [0, 0.05) is 5.57 Å². The van der Waals surface area contributed by atoms with Crippen LogP contribution in [0.4, 0.5) is 0 Å². The molecule has 0 fully saturated rings. The molecule has 0 aliphatic carbocycles. The van der Waals surface area contributed by atoms with Crippen molar-refractivity contribution in [2.75, 3.05) is 6.23 Å². The minimum atomic E-state index is -2.35. The molecule has 0 rings (SSSR count). The highest BCUT2D eigenvalue weighted by molar-refractivity contribution is 6.75. The fraction of sp³-hybridized carbons (Fsp3) is 0.625. The zero-order valence-electron chi connectivity index (χ0n) is 9.16. The molecule has 0 radical (unpaired) electrons. The molecule has 82 valence electrons. The summed E-state index contributed by atoms with van der Waals surface area (Å²) in [7, 11) is -4.07. The second kappa shape index (κ2) is 5.45. The molecule has 6 heteroatoms. The highest BCUT2D eigenvalue weighted by Crippen LogP contribution is 2.04. The quantitative estimate of drug-likeness (QED) is 0.432. The monoisotopic (exact) mass is 234 g/mol. The van der Waals surface area contributed by atoms with Gasteiger partial charge in [0.05, 0.1) is 0 Å². The van der Waals surface area contributed by atoms with Crippen molar-refractivity contribution in [2.24, 2.45) is 0 Å². The normalized spacial score (nSPS) is 13.5. The maximum atomic E-state index is 11.0. The van der Waals surface area contributed by atoms with E-state index in [0.29, 0.717) is 5.57 Å². The second-order valence-corrected chi connectivity index (χ2v) is 10.5. The Kier molecular flexibility index (Phi) is 5.28. The summed E-state index contributed by atoms with van der Waals surface area (Å²) in [5, 5.41) is 0. The third-order valence-electron chi connectivity index (χ3n) is 1.20. The van der Waals surface area contributed by atoms with Crippen LogP contribution in [0.1, 0.15) is 6.92 Å². The van der Waals surface area contributed by atoms with Crippen LogP contribution in [0.5, 0.6) is 0 Å². The van der Waals surface area contributed by atoms with E-state index in [4.69, 9.17) is 8.85 Å². The Balaban J connectivity index is 3.80. The molecular formula is C8H18O4Si2. The summed E-state index contributed by atoms with van der Waals surface area (Å²) >= 11 is 0. The summed E-state index contributed by atoms with van der Waals surface area (Å²) in [6, 6.07) is 0. The van der Waals surface area contributed by atoms with Gasteiger partial charge in [0.15, 0.2) is 8.32 Å². The first kappa shape index (κ1) is 13.6. The van der Waals surface area contributed by atoms with Crippen LogP contribution in [0.2, 0.25) is 19.6 Å². The van der Waals surface area contributed by atoms with Crippen molar-refractivity contribution in [1.29, 1.82) is 0 Å². The molecule has 0 amide bonds. The van der Waals surface area contributed by atoms with E-state index in [1.54, 1.807) is 6.92 Å². The van der Waals surface area contributed by atoms with E-state index in [1.807, 2.05) is 19.6 Å². The van der Waals surface area contributed by atoms with Gasteiger partial charge in [-0.25, -0.2) is 4.79 Å². The topological polar surface area (TPSA) is 55.8 Å². The summed E-state index contributed by atoms with van der Waals surface area (Å²) in [5.41, 5.74) is 0.333. The first-order valence-corrected chi connectivity index (χ1v) is 9.62. The van der Waals surface area contributed by atoms with Gasteiger partial charge in [-0.1, -0.05) is 6.58 Å². The lowest BCUT2D eigenvalue weighted by Gasteiger charge is -2.21. The van der Waals surface area contributed by atoms with Crippen LogP contribution in [0, 0.1) is 0 Å². The standard InChI is InChI=1S/C8H18O4Si2/c1-7(2)8(9)11-6-13(10)12-14(3,4)5/h10,13H,1,6H2,2-5H3. The third kappa shape index (κ3) is 7.01. The molecule has 0 aliphatic heterocycles. The van der Waals surface area contributed by atoms with Crippen LogP contribution in [-0.2, 0) is 13.6 Å². The maximum Gasteiger partial charge on any atom is 0.347 e. The van der Waals surface area contributed by atoms with Gasteiger partial charge in [0.1, 0.15) is 6.23 Å². The molecule has 0 aromatic carbocycles. The fourth-order valence-electron chi connectivity index (χ4n) is 0.712. The Bertz CT molecular complexity index is 222. The molecule has 0 aliphatic rings. The summed E-state index contributed by atoms with van der Waals surface area (Å²) < 4.78 is 10.2. The van der Waals surface area contributed by atoms with E-state index in [0.717, 1.165) is 0 Å². The van der Waals surface area contributed by atoms with Crippen molar-refractivity contribution in [3.8, 4) is 0 Å². The summed E-state index contributed by atoms with van der Waals surface area (Å²) in [6.07, 6.45) is -0.00400. The zero-order chi connectivity index (χ0) is 11.4. The number of carbonyl (C=O) groups is 1. The van der Waals surface area contributed by atoms with E-state index in [9.17, 15) is 9.59 Å². The second-order valence-electron chi connectivity index (χ2n) is 4.06. The Labute approximate surface area is 87.5 Å². The molecule has 4 nitrogen and oxygen atoms in total. The number of esters is 1. The highest BCUT2D eigenvalue weighted by atomic mass is 28.4. The van der Waals surface area contributed by atoms with E-state index in [1.165, 1.54) is 0 Å². The first-order valence-electron chi connectivity index (χ1n) is 4.41. The van der Waals surface area contributed by atoms with Gasteiger partial charge in [0.2, 0.25) is 0 Å². The van der Waals surface area contributed by atoms with Crippen LogP contribution in [-0.4, -0.2) is 34.6 Å². The number of rotatable bonds is 5. The van der Waals surface area contributed by atoms with Gasteiger partial charge in [-0.2, -0.15) is 0 Å². The molecule has 14 heavy (non-hydrogen) atoms. The van der Waals surface area contributed by atoms with E-state index >= 15 is 0 Å². The SMILES string of the molecule is C=C(C)C(=O)OC[SiH](O)O[Si](C)(C)C. The number of ether oxygens (including phenoxy) is 1. The molecule has 1 N–H and O–H groups in total. The van der Waals surface area contributed by atoms with Crippen LogP contribution in [0.15, 0.2) is 12.2 Å². The molecule has 0 spiro atoms. The van der Waals surface area contributed by atoms with E-state index in [2.05, 4.69) is 6.58 Å².